The van der Waals surface area contributed by atoms with Crippen LogP contribution in [-0.4, -0.2) is 23.1 Å². The predicted octanol–water partition coefficient (Wildman–Crippen LogP) is 2.71. The molecule has 0 saturated heterocycles. The van der Waals surface area contributed by atoms with Gasteiger partial charge in [-0.25, -0.2) is 4.98 Å². The number of nitrogen functional groups attached to an aromatic ring is 1. The molecule has 2 rings (SSSR count). The van der Waals surface area contributed by atoms with E-state index in [1.54, 1.807) is 0 Å². The lowest BCUT2D eigenvalue weighted by Crippen LogP contribution is -2.35. The average Bonchev–Trinajstić information content (AvgIpc) is 2.68. The lowest BCUT2D eigenvalue weighted by Gasteiger charge is -2.34. The van der Waals surface area contributed by atoms with Crippen LogP contribution in [-0.2, 0) is 0 Å². The highest BCUT2D eigenvalue weighted by atomic mass is 15.2. The van der Waals surface area contributed by atoms with Crippen LogP contribution in [0.4, 0.5) is 11.6 Å². The Balaban J connectivity index is 2.01. The third kappa shape index (κ3) is 2.56. The number of aromatic amines is 1. The van der Waals surface area contributed by atoms with Gasteiger partial charge in [0.25, 0.3) is 0 Å². The number of nitrogens with two attached hydrogens (primary N) is 1. The van der Waals surface area contributed by atoms with Crippen LogP contribution in [0.5, 0.6) is 0 Å². The Labute approximate surface area is 104 Å². The van der Waals surface area contributed by atoms with Crippen molar-refractivity contribution in [3.63, 3.8) is 0 Å². The predicted molar refractivity (Wildman–Crippen MR) is 72.2 cm³/mol. The molecule has 1 aromatic heterocycles. The number of anilines is 2. The fourth-order valence-corrected chi connectivity index (χ4v) is 2.88. The second-order valence-electron chi connectivity index (χ2n) is 5.25. The molecule has 1 aliphatic rings. The normalized spacial score (nSPS) is 24.9. The summed E-state index contributed by atoms with van der Waals surface area (Å²) in [6.07, 6.45) is 6.53. The minimum atomic E-state index is 0.600. The minimum Gasteiger partial charge on any atom is -0.382 e. The summed E-state index contributed by atoms with van der Waals surface area (Å²) in [5.41, 5.74) is 5.94. The summed E-state index contributed by atoms with van der Waals surface area (Å²) >= 11 is 0. The van der Waals surface area contributed by atoms with Gasteiger partial charge in [0.1, 0.15) is 11.6 Å². The van der Waals surface area contributed by atoms with Gasteiger partial charge < -0.3 is 15.6 Å². The average molecular weight is 236 g/mol. The number of imidazole rings is 1. The topological polar surface area (TPSA) is 57.9 Å². The van der Waals surface area contributed by atoms with Gasteiger partial charge in [0.2, 0.25) is 0 Å². The summed E-state index contributed by atoms with van der Waals surface area (Å²) in [6, 6.07) is 0.600. The second-order valence-corrected chi connectivity index (χ2v) is 5.25. The molecule has 1 saturated carbocycles. The van der Waals surface area contributed by atoms with Gasteiger partial charge in [-0.15, -0.1) is 0 Å². The molecule has 1 aliphatic carbocycles. The van der Waals surface area contributed by atoms with Crippen LogP contribution in [0.15, 0.2) is 0 Å². The van der Waals surface area contributed by atoms with Crippen molar-refractivity contribution in [3.05, 3.63) is 5.82 Å². The maximum absolute atomic E-state index is 5.94. The van der Waals surface area contributed by atoms with Crippen molar-refractivity contribution in [1.29, 1.82) is 0 Å². The van der Waals surface area contributed by atoms with Crippen molar-refractivity contribution in [3.8, 4) is 0 Å². The van der Waals surface area contributed by atoms with E-state index in [4.69, 9.17) is 5.73 Å². The van der Waals surface area contributed by atoms with Gasteiger partial charge >= 0.3 is 0 Å². The lowest BCUT2D eigenvalue weighted by atomic mass is 9.84. The summed E-state index contributed by atoms with van der Waals surface area (Å²) < 4.78 is 0. The molecule has 1 heterocycles. The van der Waals surface area contributed by atoms with E-state index >= 15 is 0 Å². The Kier molecular flexibility index (Phi) is 3.60. The number of H-pyrrole nitrogens is 1. The van der Waals surface area contributed by atoms with Gasteiger partial charge in [0.15, 0.2) is 5.82 Å². The van der Waals surface area contributed by atoms with Gasteiger partial charge in [-0.1, -0.05) is 13.3 Å². The van der Waals surface area contributed by atoms with Crippen LogP contribution < -0.4 is 10.6 Å². The highest BCUT2D eigenvalue weighted by Crippen LogP contribution is 2.32. The number of nitrogens with zero attached hydrogens (tertiary/aromatic N) is 2. The number of nitrogens with one attached hydrogen (secondary N) is 1. The third-order valence-corrected chi connectivity index (χ3v) is 4.11. The number of hydrogen-bond acceptors (Lipinski definition) is 3. The van der Waals surface area contributed by atoms with Crippen molar-refractivity contribution >= 4 is 11.6 Å². The maximum Gasteiger partial charge on any atom is 0.171 e. The van der Waals surface area contributed by atoms with Crippen LogP contribution >= 0.6 is 0 Å². The quantitative estimate of drug-likeness (QED) is 0.848. The zero-order chi connectivity index (χ0) is 12.4. The van der Waals surface area contributed by atoms with E-state index in [1.165, 1.54) is 32.1 Å². The molecular formula is C13H24N4. The number of aryl methyl sites for hydroxylation is 1. The van der Waals surface area contributed by atoms with Crippen molar-refractivity contribution in [2.24, 2.45) is 5.92 Å². The molecule has 0 amide bonds. The minimum absolute atomic E-state index is 0.600. The first kappa shape index (κ1) is 12.3. The molecule has 1 fully saturated rings. The highest BCUT2D eigenvalue weighted by Gasteiger charge is 2.25. The molecule has 0 bridgehead atoms. The molecule has 0 unspecified atom stereocenters. The van der Waals surface area contributed by atoms with E-state index < -0.39 is 0 Å². The maximum atomic E-state index is 5.94. The molecule has 0 atom stereocenters. The molecule has 3 N–H and O–H groups in total. The Morgan fingerprint density at radius 3 is 2.47 bits per heavy atom. The number of aromatic nitrogens is 2. The van der Waals surface area contributed by atoms with Crippen molar-refractivity contribution in [2.75, 3.05) is 17.7 Å². The summed E-state index contributed by atoms with van der Waals surface area (Å²) in [4.78, 5) is 9.80. The first-order chi connectivity index (χ1) is 8.11. The third-order valence-electron chi connectivity index (χ3n) is 4.11. The summed E-state index contributed by atoms with van der Waals surface area (Å²) in [5.74, 6) is 3.44. The lowest BCUT2D eigenvalue weighted by molar-refractivity contribution is 0.313. The van der Waals surface area contributed by atoms with E-state index in [9.17, 15) is 0 Å². The van der Waals surface area contributed by atoms with E-state index in [0.717, 1.165) is 17.6 Å². The van der Waals surface area contributed by atoms with E-state index in [-0.39, 0.29) is 0 Å². The molecule has 0 aromatic carbocycles. The van der Waals surface area contributed by atoms with Crippen molar-refractivity contribution < 1.29 is 0 Å². The fourth-order valence-electron chi connectivity index (χ4n) is 2.88. The Hall–Kier alpha value is -1.19. The zero-order valence-corrected chi connectivity index (χ0v) is 11.2. The SMILES string of the molecule is CCC1CCC(N(C)c2nc(C)[nH]c2N)CC1. The Bertz CT molecular complexity index is 363. The first-order valence-corrected chi connectivity index (χ1v) is 6.66. The van der Waals surface area contributed by atoms with Gasteiger partial charge in [-0.05, 0) is 38.5 Å². The largest absolute Gasteiger partial charge is 0.382 e. The van der Waals surface area contributed by atoms with Gasteiger partial charge in [-0.2, -0.15) is 0 Å². The molecular weight excluding hydrogens is 212 g/mol. The number of hydrogen-bond donors (Lipinski definition) is 2. The monoisotopic (exact) mass is 236 g/mol. The summed E-state index contributed by atoms with van der Waals surface area (Å²) in [5, 5.41) is 0. The van der Waals surface area contributed by atoms with Crippen LogP contribution in [0, 0.1) is 12.8 Å². The molecule has 4 nitrogen and oxygen atoms in total. The second kappa shape index (κ2) is 4.98. The summed E-state index contributed by atoms with van der Waals surface area (Å²) in [6.45, 7) is 4.24. The highest BCUT2D eigenvalue weighted by molar-refractivity contribution is 5.59. The van der Waals surface area contributed by atoms with E-state index in [1.807, 2.05) is 6.92 Å². The molecule has 0 spiro atoms. The molecule has 17 heavy (non-hydrogen) atoms. The Morgan fingerprint density at radius 1 is 1.35 bits per heavy atom. The fraction of sp³-hybridized carbons (Fsp3) is 0.769. The van der Waals surface area contributed by atoms with Crippen LogP contribution in [0.3, 0.4) is 0 Å². The van der Waals surface area contributed by atoms with Crippen LogP contribution in [0.2, 0.25) is 0 Å². The standard InChI is InChI=1S/C13H24N4/c1-4-10-5-7-11(8-6-10)17(3)13-12(14)15-9(2)16-13/h10-11H,4-8,14H2,1-3H3,(H,15,16). The summed E-state index contributed by atoms with van der Waals surface area (Å²) in [7, 11) is 2.11. The van der Waals surface area contributed by atoms with E-state index in [2.05, 4.69) is 28.8 Å². The molecule has 0 radical (unpaired) electrons. The number of rotatable bonds is 3. The van der Waals surface area contributed by atoms with Gasteiger partial charge in [-0.3, -0.25) is 0 Å². The van der Waals surface area contributed by atoms with Crippen molar-refractivity contribution in [1.82, 2.24) is 9.97 Å². The van der Waals surface area contributed by atoms with Crippen LogP contribution in [0.25, 0.3) is 0 Å². The molecule has 96 valence electrons. The van der Waals surface area contributed by atoms with Crippen molar-refractivity contribution in [2.45, 2.75) is 52.0 Å². The molecule has 4 heteroatoms. The first-order valence-electron chi connectivity index (χ1n) is 6.66. The van der Waals surface area contributed by atoms with Gasteiger partial charge in [0.05, 0.1) is 0 Å². The molecule has 1 aromatic rings. The Morgan fingerprint density at radius 2 is 2.00 bits per heavy atom. The molecule has 0 aliphatic heterocycles. The smallest absolute Gasteiger partial charge is 0.171 e. The van der Waals surface area contributed by atoms with E-state index in [0.29, 0.717) is 11.9 Å². The van der Waals surface area contributed by atoms with Crippen LogP contribution in [0.1, 0.15) is 44.9 Å². The van der Waals surface area contributed by atoms with Gasteiger partial charge in [0, 0.05) is 13.1 Å². The zero-order valence-electron chi connectivity index (χ0n) is 11.2.